The Kier molecular flexibility index (Phi) is 7.22. The van der Waals surface area contributed by atoms with E-state index in [0.717, 1.165) is 44.0 Å². The molecule has 0 unspecified atom stereocenters. The van der Waals surface area contributed by atoms with Gasteiger partial charge in [-0.05, 0) is 42.6 Å². The summed E-state index contributed by atoms with van der Waals surface area (Å²) in [5.41, 5.74) is 2.43. The highest BCUT2D eigenvalue weighted by molar-refractivity contribution is 7.80. The zero-order valence-electron chi connectivity index (χ0n) is 15.6. The number of benzene rings is 2. The van der Waals surface area contributed by atoms with Crippen LogP contribution in [0.15, 0.2) is 60.7 Å². The number of carbonyl (C=O) groups excluding carboxylic acids is 1. The molecule has 27 heavy (non-hydrogen) atoms. The molecule has 0 bridgehead atoms. The highest BCUT2D eigenvalue weighted by atomic mass is 32.1. The van der Waals surface area contributed by atoms with Gasteiger partial charge >= 0.3 is 0 Å². The predicted molar refractivity (Wildman–Crippen MR) is 113 cm³/mol. The lowest BCUT2D eigenvalue weighted by Crippen LogP contribution is -2.49. The van der Waals surface area contributed by atoms with E-state index in [1.54, 1.807) is 0 Å². The summed E-state index contributed by atoms with van der Waals surface area (Å²) < 4.78 is 0. The van der Waals surface area contributed by atoms with Gasteiger partial charge in [0, 0.05) is 32.1 Å². The van der Waals surface area contributed by atoms with Gasteiger partial charge in [0.2, 0.25) is 5.91 Å². The first kappa shape index (κ1) is 19.4. The lowest BCUT2D eigenvalue weighted by Gasteiger charge is -2.34. The topological polar surface area (TPSA) is 44.4 Å². The van der Waals surface area contributed by atoms with Gasteiger partial charge in [0.25, 0.3) is 0 Å². The summed E-state index contributed by atoms with van der Waals surface area (Å²) in [6.07, 6.45) is 3.20. The van der Waals surface area contributed by atoms with E-state index in [1.165, 1.54) is 11.1 Å². The molecule has 0 spiro atoms. The lowest BCUT2D eigenvalue weighted by atomic mass is 10.0. The Morgan fingerprint density at radius 1 is 0.963 bits per heavy atom. The molecule has 1 amide bonds. The second-order valence-electron chi connectivity index (χ2n) is 6.96. The van der Waals surface area contributed by atoms with Crippen molar-refractivity contribution in [2.24, 2.45) is 0 Å². The average Bonchev–Trinajstić information content (AvgIpc) is 2.72. The van der Waals surface area contributed by atoms with Crippen LogP contribution in [-0.2, 0) is 17.8 Å². The standard InChI is InChI=1S/C22H27N3OS/c26-21(12-11-18-7-3-1-4-8-18)24-20-13-15-25(16-14-20)22(27)23-17-19-9-5-2-6-10-19/h1-10,20H,11-17H2,(H,23,27)(H,24,26). The van der Waals surface area contributed by atoms with Crippen LogP contribution in [0.1, 0.15) is 30.4 Å². The molecule has 1 heterocycles. The minimum Gasteiger partial charge on any atom is -0.358 e. The number of hydrogen-bond donors (Lipinski definition) is 2. The Morgan fingerprint density at radius 3 is 2.19 bits per heavy atom. The summed E-state index contributed by atoms with van der Waals surface area (Å²) in [5, 5.41) is 7.31. The van der Waals surface area contributed by atoms with Crippen LogP contribution in [0.25, 0.3) is 0 Å². The molecule has 1 fully saturated rings. The number of aryl methyl sites for hydroxylation is 1. The number of piperidine rings is 1. The molecular formula is C22H27N3OS. The highest BCUT2D eigenvalue weighted by Crippen LogP contribution is 2.12. The summed E-state index contributed by atoms with van der Waals surface area (Å²) in [7, 11) is 0. The Balaban J connectivity index is 1.34. The molecule has 3 rings (SSSR count). The second kappa shape index (κ2) is 10.1. The van der Waals surface area contributed by atoms with Crippen molar-refractivity contribution in [3.05, 3.63) is 71.8 Å². The van der Waals surface area contributed by atoms with Crippen molar-refractivity contribution in [1.82, 2.24) is 15.5 Å². The van der Waals surface area contributed by atoms with Gasteiger partial charge in [-0.1, -0.05) is 60.7 Å². The Labute approximate surface area is 167 Å². The second-order valence-corrected chi connectivity index (χ2v) is 7.35. The molecule has 0 radical (unpaired) electrons. The van der Waals surface area contributed by atoms with Gasteiger partial charge in [0.05, 0.1) is 0 Å². The van der Waals surface area contributed by atoms with E-state index in [1.807, 2.05) is 36.4 Å². The largest absolute Gasteiger partial charge is 0.358 e. The molecule has 2 N–H and O–H groups in total. The Morgan fingerprint density at radius 2 is 1.56 bits per heavy atom. The molecule has 1 saturated heterocycles. The smallest absolute Gasteiger partial charge is 0.220 e. The van der Waals surface area contributed by atoms with Crippen molar-refractivity contribution < 1.29 is 4.79 Å². The quantitative estimate of drug-likeness (QED) is 0.754. The number of likely N-dealkylation sites (tertiary alicyclic amines) is 1. The molecule has 1 aliphatic rings. The number of nitrogens with zero attached hydrogens (tertiary/aromatic N) is 1. The Bertz CT molecular complexity index is 728. The van der Waals surface area contributed by atoms with E-state index in [2.05, 4.69) is 39.8 Å². The number of amides is 1. The first-order chi connectivity index (χ1) is 13.2. The van der Waals surface area contributed by atoms with E-state index in [0.29, 0.717) is 6.42 Å². The van der Waals surface area contributed by atoms with Crippen LogP contribution in [0.3, 0.4) is 0 Å². The summed E-state index contributed by atoms with van der Waals surface area (Å²) in [4.78, 5) is 14.4. The number of carbonyl (C=O) groups is 1. The normalized spacial score (nSPS) is 14.6. The van der Waals surface area contributed by atoms with Crippen LogP contribution >= 0.6 is 12.2 Å². The fourth-order valence-corrected chi connectivity index (χ4v) is 3.57. The van der Waals surface area contributed by atoms with E-state index in [4.69, 9.17) is 12.2 Å². The molecule has 0 atom stereocenters. The third kappa shape index (κ3) is 6.36. The molecular weight excluding hydrogens is 354 g/mol. The summed E-state index contributed by atoms with van der Waals surface area (Å²) >= 11 is 5.52. The van der Waals surface area contributed by atoms with Crippen LogP contribution in [0.5, 0.6) is 0 Å². The van der Waals surface area contributed by atoms with E-state index >= 15 is 0 Å². The van der Waals surface area contributed by atoms with Gasteiger partial charge in [-0.15, -0.1) is 0 Å². The number of hydrogen-bond acceptors (Lipinski definition) is 2. The van der Waals surface area contributed by atoms with Crippen LogP contribution in [0.4, 0.5) is 0 Å². The molecule has 0 saturated carbocycles. The van der Waals surface area contributed by atoms with E-state index in [9.17, 15) is 4.79 Å². The van der Waals surface area contributed by atoms with Crippen molar-refractivity contribution in [3.8, 4) is 0 Å². The third-order valence-electron chi connectivity index (χ3n) is 4.92. The number of rotatable bonds is 6. The van der Waals surface area contributed by atoms with Gasteiger partial charge in [0.15, 0.2) is 5.11 Å². The average molecular weight is 382 g/mol. The van der Waals surface area contributed by atoms with Crippen molar-refractivity contribution in [2.75, 3.05) is 13.1 Å². The molecule has 5 heteroatoms. The molecule has 142 valence electrons. The van der Waals surface area contributed by atoms with Gasteiger partial charge in [-0.3, -0.25) is 4.79 Å². The van der Waals surface area contributed by atoms with Crippen molar-refractivity contribution in [2.45, 2.75) is 38.3 Å². The van der Waals surface area contributed by atoms with Gasteiger partial charge in [-0.2, -0.15) is 0 Å². The third-order valence-corrected chi connectivity index (χ3v) is 5.32. The van der Waals surface area contributed by atoms with Crippen molar-refractivity contribution in [3.63, 3.8) is 0 Å². The van der Waals surface area contributed by atoms with Crippen LogP contribution in [-0.4, -0.2) is 35.1 Å². The minimum atomic E-state index is 0.141. The number of nitrogens with one attached hydrogen (secondary N) is 2. The van der Waals surface area contributed by atoms with Crippen LogP contribution in [0, 0.1) is 0 Å². The first-order valence-electron chi connectivity index (χ1n) is 9.61. The fourth-order valence-electron chi connectivity index (χ4n) is 3.31. The Hall–Kier alpha value is -2.40. The maximum Gasteiger partial charge on any atom is 0.220 e. The molecule has 2 aromatic rings. The lowest BCUT2D eigenvalue weighted by molar-refractivity contribution is -0.122. The van der Waals surface area contributed by atoms with Crippen molar-refractivity contribution in [1.29, 1.82) is 0 Å². The van der Waals surface area contributed by atoms with Crippen LogP contribution in [0.2, 0.25) is 0 Å². The molecule has 4 nitrogen and oxygen atoms in total. The van der Waals surface area contributed by atoms with E-state index < -0.39 is 0 Å². The van der Waals surface area contributed by atoms with E-state index in [-0.39, 0.29) is 11.9 Å². The zero-order valence-corrected chi connectivity index (χ0v) is 16.4. The summed E-state index contributed by atoms with van der Waals surface area (Å²) in [5.74, 6) is 0.141. The molecule has 1 aliphatic heterocycles. The SMILES string of the molecule is O=C(CCc1ccccc1)NC1CCN(C(=S)NCc2ccccc2)CC1. The van der Waals surface area contributed by atoms with Crippen molar-refractivity contribution >= 4 is 23.2 Å². The molecule has 0 aliphatic carbocycles. The monoisotopic (exact) mass is 381 g/mol. The molecule has 2 aromatic carbocycles. The zero-order chi connectivity index (χ0) is 18.9. The summed E-state index contributed by atoms with van der Waals surface area (Å²) in [6, 6.07) is 20.7. The predicted octanol–water partition coefficient (Wildman–Crippen LogP) is 3.27. The van der Waals surface area contributed by atoms with Crippen LogP contribution < -0.4 is 10.6 Å². The molecule has 0 aromatic heterocycles. The van der Waals surface area contributed by atoms with Gasteiger partial charge in [0.1, 0.15) is 0 Å². The highest BCUT2D eigenvalue weighted by Gasteiger charge is 2.22. The fraction of sp³-hybridized carbons (Fsp3) is 0.364. The first-order valence-corrected chi connectivity index (χ1v) is 10.0. The van der Waals surface area contributed by atoms with Gasteiger partial charge in [-0.25, -0.2) is 0 Å². The van der Waals surface area contributed by atoms with Gasteiger partial charge < -0.3 is 15.5 Å². The minimum absolute atomic E-state index is 0.141. The maximum atomic E-state index is 12.2. The maximum absolute atomic E-state index is 12.2. The summed E-state index contributed by atoms with van der Waals surface area (Å²) in [6.45, 7) is 2.50. The number of thiocarbonyl (C=S) groups is 1.